The zero-order chi connectivity index (χ0) is 26.5. The van der Waals surface area contributed by atoms with Crippen molar-refractivity contribution in [3.05, 3.63) is 100 Å². The van der Waals surface area contributed by atoms with Crippen molar-refractivity contribution in [1.82, 2.24) is 9.97 Å². The molecule has 0 bridgehead atoms. The third kappa shape index (κ3) is 4.24. The zero-order valence-corrected chi connectivity index (χ0v) is 22.3. The number of aromatic nitrogens is 2. The maximum absolute atomic E-state index is 13.9. The minimum atomic E-state index is -0.220. The molecule has 0 amide bonds. The lowest BCUT2D eigenvalue weighted by Gasteiger charge is -2.23. The Morgan fingerprint density at radius 2 is 1.38 bits per heavy atom. The van der Waals surface area contributed by atoms with Gasteiger partial charge in [0.15, 0.2) is 0 Å². The highest BCUT2D eigenvalue weighted by Gasteiger charge is 2.27. The van der Waals surface area contributed by atoms with Crippen LogP contribution in [0.4, 0.5) is 4.39 Å². The fourth-order valence-electron chi connectivity index (χ4n) is 6.35. The average Bonchev–Trinajstić information content (AvgIpc) is 3.51. The van der Waals surface area contributed by atoms with Crippen molar-refractivity contribution in [3.63, 3.8) is 0 Å². The number of benzene rings is 3. The Morgan fingerprint density at radius 1 is 0.795 bits per heavy atom. The average molecular weight is 519 g/mol. The monoisotopic (exact) mass is 518 g/mol. The van der Waals surface area contributed by atoms with Gasteiger partial charge in [0.25, 0.3) is 0 Å². The van der Waals surface area contributed by atoms with Crippen LogP contribution in [0.1, 0.15) is 52.4 Å². The van der Waals surface area contributed by atoms with Gasteiger partial charge in [0.1, 0.15) is 11.6 Å². The number of hydrogen-bond donors (Lipinski definition) is 2. The SMILES string of the molecule is COc1ccc2c3c([nH]c2c1)C(CC(CC1=NCCc2c1[nH]c1cc(C)ccc21)c1ccc(F)cc1)=NCC3. The maximum atomic E-state index is 13.9. The molecular formula is C33H31FN4O. The number of aryl methyl sites for hydroxylation is 1. The normalized spacial score (nSPS) is 15.6. The van der Waals surface area contributed by atoms with Gasteiger partial charge in [0, 0.05) is 41.0 Å². The number of nitrogens with one attached hydrogen (secondary N) is 2. The first kappa shape index (κ1) is 23.9. The largest absolute Gasteiger partial charge is 0.497 e. The molecule has 0 spiro atoms. The maximum Gasteiger partial charge on any atom is 0.123 e. The second-order valence-corrected chi connectivity index (χ2v) is 10.7. The highest BCUT2D eigenvalue weighted by molar-refractivity contribution is 6.09. The Morgan fingerprint density at radius 3 is 2.00 bits per heavy atom. The van der Waals surface area contributed by atoms with Crippen LogP contribution in [0.3, 0.4) is 0 Å². The van der Waals surface area contributed by atoms with Gasteiger partial charge in [-0.05, 0) is 91.1 Å². The second-order valence-electron chi connectivity index (χ2n) is 10.7. The summed E-state index contributed by atoms with van der Waals surface area (Å²) in [6.45, 7) is 3.68. The molecule has 6 heteroatoms. The molecule has 4 heterocycles. The van der Waals surface area contributed by atoms with Crippen molar-refractivity contribution in [3.8, 4) is 5.75 Å². The highest BCUT2D eigenvalue weighted by atomic mass is 19.1. The van der Waals surface area contributed by atoms with Gasteiger partial charge in [-0.25, -0.2) is 4.39 Å². The molecule has 3 aromatic carbocycles. The van der Waals surface area contributed by atoms with Crippen molar-refractivity contribution in [2.45, 2.75) is 38.5 Å². The first-order chi connectivity index (χ1) is 19.1. The lowest BCUT2D eigenvalue weighted by molar-refractivity contribution is 0.415. The van der Waals surface area contributed by atoms with Crippen molar-refractivity contribution in [2.75, 3.05) is 20.2 Å². The van der Waals surface area contributed by atoms with Crippen molar-refractivity contribution in [1.29, 1.82) is 0 Å². The Hall–Kier alpha value is -4.19. The number of H-pyrrole nitrogens is 2. The van der Waals surface area contributed by atoms with Gasteiger partial charge in [0.2, 0.25) is 0 Å². The first-order valence-corrected chi connectivity index (χ1v) is 13.7. The first-order valence-electron chi connectivity index (χ1n) is 13.7. The van der Waals surface area contributed by atoms with E-state index in [4.69, 9.17) is 14.7 Å². The molecule has 2 N–H and O–H groups in total. The number of methoxy groups -OCH3 is 1. The van der Waals surface area contributed by atoms with Gasteiger partial charge in [-0.3, -0.25) is 9.98 Å². The van der Waals surface area contributed by atoms with E-state index in [1.807, 2.05) is 18.2 Å². The molecule has 2 aliphatic heterocycles. The number of ether oxygens (including phenoxy) is 1. The van der Waals surface area contributed by atoms with E-state index in [2.05, 4.69) is 47.2 Å². The molecule has 1 unspecified atom stereocenters. The smallest absolute Gasteiger partial charge is 0.123 e. The van der Waals surface area contributed by atoms with E-state index >= 15 is 0 Å². The molecule has 196 valence electrons. The van der Waals surface area contributed by atoms with Crippen LogP contribution in [0.2, 0.25) is 0 Å². The number of nitrogens with zero attached hydrogens (tertiary/aromatic N) is 2. The van der Waals surface area contributed by atoms with E-state index < -0.39 is 0 Å². The van der Waals surface area contributed by atoms with Crippen LogP contribution in [0, 0.1) is 12.7 Å². The van der Waals surface area contributed by atoms with Crippen molar-refractivity contribution < 1.29 is 9.13 Å². The number of fused-ring (bicyclic) bond motifs is 6. The summed E-state index contributed by atoms with van der Waals surface area (Å²) >= 11 is 0. The molecule has 5 aromatic rings. The molecule has 2 aromatic heterocycles. The van der Waals surface area contributed by atoms with Crippen LogP contribution in [0.5, 0.6) is 5.75 Å². The second kappa shape index (κ2) is 9.53. The Bertz CT molecular complexity index is 1770. The summed E-state index contributed by atoms with van der Waals surface area (Å²) in [4.78, 5) is 17.3. The number of aliphatic imine (C=N–C) groups is 2. The lowest BCUT2D eigenvalue weighted by atomic mass is 9.85. The summed E-state index contributed by atoms with van der Waals surface area (Å²) in [6.07, 6.45) is 3.36. The van der Waals surface area contributed by atoms with Crippen molar-refractivity contribution >= 4 is 33.2 Å². The Balaban J connectivity index is 1.26. The van der Waals surface area contributed by atoms with E-state index in [-0.39, 0.29) is 11.7 Å². The van der Waals surface area contributed by atoms with Crippen molar-refractivity contribution in [2.24, 2.45) is 9.98 Å². The van der Waals surface area contributed by atoms with Gasteiger partial charge in [-0.2, -0.15) is 0 Å². The third-order valence-corrected chi connectivity index (χ3v) is 8.30. The lowest BCUT2D eigenvalue weighted by Crippen LogP contribution is -2.20. The predicted molar refractivity (Wildman–Crippen MR) is 156 cm³/mol. The van der Waals surface area contributed by atoms with Crippen LogP contribution >= 0.6 is 0 Å². The molecule has 0 saturated heterocycles. The van der Waals surface area contributed by atoms with Crippen LogP contribution in [-0.4, -0.2) is 41.6 Å². The van der Waals surface area contributed by atoms with E-state index in [1.54, 1.807) is 19.2 Å². The van der Waals surface area contributed by atoms with Gasteiger partial charge >= 0.3 is 0 Å². The summed E-state index contributed by atoms with van der Waals surface area (Å²) in [5.74, 6) is 0.722. The van der Waals surface area contributed by atoms with E-state index in [0.717, 1.165) is 78.4 Å². The topological polar surface area (TPSA) is 65.5 Å². The van der Waals surface area contributed by atoms with Gasteiger partial charge < -0.3 is 14.7 Å². The van der Waals surface area contributed by atoms with Gasteiger partial charge in [-0.15, -0.1) is 0 Å². The summed E-state index contributed by atoms with van der Waals surface area (Å²) < 4.78 is 19.4. The van der Waals surface area contributed by atoms with E-state index in [0.29, 0.717) is 0 Å². The molecule has 2 aliphatic rings. The summed E-state index contributed by atoms with van der Waals surface area (Å²) in [6, 6.07) is 19.8. The minimum Gasteiger partial charge on any atom is -0.497 e. The third-order valence-electron chi connectivity index (χ3n) is 8.30. The molecule has 0 fully saturated rings. The molecule has 0 aliphatic carbocycles. The zero-order valence-electron chi connectivity index (χ0n) is 22.3. The summed E-state index contributed by atoms with van der Waals surface area (Å²) in [7, 11) is 1.69. The summed E-state index contributed by atoms with van der Waals surface area (Å²) in [5.41, 5.74) is 11.7. The van der Waals surface area contributed by atoms with Crippen LogP contribution in [0.15, 0.2) is 70.6 Å². The number of rotatable bonds is 6. The fourth-order valence-corrected chi connectivity index (χ4v) is 6.35. The quantitative estimate of drug-likeness (QED) is 0.248. The Labute approximate surface area is 226 Å². The van der Waals surface area contributed by atoms with Gasteiger partial charge in [0.05, 0.1) is 29.9 Å². The summed E-state index contributed by atoms with van der Waals surface area (Å²) in [5, 5.41) is 2.52. The molecular weight excluding hydrogens is 487 g/mol. The number of halogens is 1. The molecule has 0 saturated carbocycles. The molecule has 0 radical (unpaired) electrons. The fraction of sp³-hybridized carbons (Fsp3) is 0.273. The Kier molecular flexibility index (Phi) is 5.84. The highest BCUT2D eigenvalue weighted by Crippen LogP contribution is 2.35. The predicted octanol–water partition coefficient (Wildman–Crippen LogP) is 7.06. The standard InChI is InChI=1S/C33H31FN4O/c1-19-3-9-24-26-11-13-35-30(32(26)37-28(24)15-19)16-21(20-4-6-22(34)7-5-20)17-31-33-27(12-14-36-31)25-10-8-23(39-2)18-29(25)38-33/h3-10,15,18,21,37-38H,11-14,16-17H2,1-2H3. The number of aromatic amines is 2. The number of hydrogen-bond acceptors (Lipinski definition) is 3. The van der Waals surface area contributed by atoms with Gasteiger partial charge in [-0.1, -0.05) is 24.3 Å². The van der Waals surface area contributed by atoms with Crippen LogP contribution in [0.25, 0.3) is 21.8 Å². The van der Waals surface area contributed by atoms with Crippen LogP contribution in [-0.2, 0) is 12.8 Å². The minimum absolute atomic E-state index is 0.106. The van der Waals surface area contributed by atoms with E-state index in [9.17, 15) is 4.39 Å². The molecule has 5 nitrogen and oxygen atoms in total. The van der Waals surface area contributed by atoms with E-state index in [1.165, 1.54) is 33.0 Å². The van der Waals surface area contributed by atoms with Crippen LogP contribution < -0.4 is 4.74 Å². The molecule has 39 heavy (non-hydrogen) atoms. The molecule has 7 rings (SSSR count). The molecule has 1 atom stereocenters.